The highest BCUT2D eigenvalue weighted by atomic mass is 16.2. The quantitative estimate of drug-likeness (QED) is 0.554. The number of fused-ring (bicyclic) bond motifs is 1. The minimum Gasteiger partial charge on any atom is -0.354 e. The second-order valence-corrected chi connectivity index (χ2v) is 9.80. The number of carbonyl (C=O) groups excluding carboxylic acids is 2. The molecular formula is C24H39N5O2. The smallest absolute Gasteiger partial charge is 0.242 e. The molecule has 3 fully saturated rings. The summed E-state index contributed by atoms with van der Waals surface area (Å²) >= 11 is 0. The van der Waals surface area contributed by atoms with Crippen LogP contribution in [0, 0.1) is 5.92 Å². The van der Waals surface area contributed by atoms with Gasteiger partial charge in [0.25, 0.3) is 0 Å². The zero-order valence-corrected chi connectivity index (χ0v) is 18.9. The van der Waals surface area contributed by atoms with Crippen molar-refractivity contribution >= 4 is 11.8 Å². The van der Waals surface area contributed by atoms with Crippen molar-refractivity contribution < 1.29 is 9.59 Å². The fourth-order valence-electron chi connectivity index (χ4n) is 5.96. The minimum absolute atomic E-state index is 0.0252. The summed E-state index contributed by atoms with van der Waals surface area (Å²) in [7, 11) is 0. The maximum atomic E-state index is 13.5. The largest absolute Gasteiger partial charge is 0.354 e. The fourth-order valence-corrected chi connectivity index (χ4v) is 5.96. The van der Waals surface area contributed by atoms with E-state index >= 15 is 0 Å². The van der Waals surface area contributed by atoms with Gasteiger partial charge in [0.1, 0.15) is 6.04 Å². The molecule has 1 aliphatic heterocycles. The van der Waals surface area contributed by atoms with Crippen molar-refractivity contribution in [2.75, 3.05) is 6.54 Å². The molecule has 7 nitrogen and oxygen atoms in total. The number of hydrogen-bond acceptors (Lipinski definition) is 4. The SMILES string of the molecule is C[C@H](NC1CCCCC1)C(=O)N1[C@H](C(=O)NCCCc2cnc[nH]2)C[C@@H]2CCCC[C@@H]21. The van der Waals surface area contributed by atoms with Crippen molar-refractivity contribution in [2.24, 2.45) is 5.92 Å². The molecule has 1 aromatic rings. The first-order valence-electron chi connectivity index (χ1n) is 12.5. The summed E-state index contributed by atoms with van der Waals surface area (Å²) in [6, 6.07) is 0.132. The van der Waals surface area contributed by atoms with Gasteiger partial charge in [0.2, 0.25) is 11.8 Å². The maximum Gasteiger partial charge on any atom is 0.242 e. The van der Waals surface area contributed by atoms with Gasteiger partial charge in [0, 0.05) is 30.5 Å². The molecule has 2 heterocycles. The van der Waals surface area contributed by atoms with E-state index in [2.05, 4.69) is 20.6 Å². The lowest BCUT2D eigenvalue weighted by Crippen LogP contribution is -2.56. The van der Waals surface area contributed by atoms with Crippen LogP contribution in [0.25, 0.3) is 0 Å². The van der Waals surface area contributed by atoms with Crippen molar-refractivity contribution in [3.8, 4) is 0 Å². The van der Waals surface area contributed by atoms with Crippen molar-refractivity contribution in [1.82, 2.24) is 25.5 Å². The minimum atomic E-state index is -0.316. The Labute approximate surface area is 186 Å². The van der Waals surface area contributed by atoms with E-state index in [0.717, 1.165) is 57.1 Å². The van der Waals surface area contributed by atoms with Gasteiger partial charge in [-0.15, -0.1) is 0 Å². The van der Waals surface area contributed by atoms with Crippen LogP contribution in [-0.4, -0.2) is 57.4 Å². The van der Waals surface area contributed by atoms with E-state index in [1.807, 2.05) is 18.0 Å². The van der Waals surface area contributed by atoms with Crippen molar-refractivity contribution in [2.45, 2.75) is 108 Å². The van der Waals surface area contributed by atoms with Gasteiger partial charge in [-0.2, -0.15) is 0 Å². The van der Waals surface area contributed by atoms with E-state index < -0.39 is 0 Å². The van der Waals surface area contributed by atoms with E-state index in [1.54, 1.807) is 6.33 Å². The zero-order valence-electron chi connectivity index (χ0n) is 18.9. The Kier molecular flexibility index (Phi) is 7.64. The molecule has 2 aliphatic carbocycles. The first-order chi connectivity index (χ1) is 15.1. The van der Waals surface area contributed by atoms with Crippen LogP contribution in [0.3, 0.4) is 0 Å². The van der Waals surface area contributed by atoms with Gasteiger partial charge in [-0.05, 0) is 57.8 Å². The molecule has 3 aliphatic rings. The predicted octanol–water partition coefficient (Wildman–Crippen LogP) is 2.93. The van der Waals surface area contributed by atoms with Crippen LogP contribution in [0.1, 0.15) is 83.2 Å². The Morgan fingerprint density at radius 2 is 1.94 bits per heavy atom. The number of rotatable bonds is 8. The summed E-state index contributed by atoms with van der Waals surface area (Å²) < 4.78 is 0. The Hall–Kier alpha value is -1.89. The number of aryl methyl sites for hydroxylation is 1. The molecule has 1 aromatic heterocycles. The summed E-state index contributed by atoms with van der Waals surface area (Å²) in [6.45, 7) is 2.62. The van der Waals surface area contributed by atoms with Gasteiger partial charge in [-0.25, -0.2) is 4.98 Å². The number of carbonyl (C=O) groups is 2. The number of nitrogens with one attached hydrogen (secondary N) is 3. The third-order valence-corrected chi connectivity index (χ3v) is 7.58. The Morgan fingerprint density at radius 3 is 2.71 bits per heavy atom. The number of likely N-dealkylation sites (tertiary alicyclic amines) is 1. The molecule has 0 spiro atoms. The second kappa shape index (κ2) is 10.6. The van der Waals surface area contributed by atoms with Crippen LogP contribution in [0.4, 0.5) is 0 Å². The molecule has 7 heteroatoms. The molecule has 2 saturated carbocycles. The van der Waals surface area contributed by atoms with Crippen LogP contribution in [0.15, 0.2) is 12.5 Å². The van der Waals surface area contributed by atoms with E-state index in [-0.39, 0.29) is 29.9 Å². The monoisotopic (exact) mass is 429 g/mol. The molecule has 3 N–H and O–H groups in total. The highest BCUT2D eigenvalue weighted by Gasteiger charge is 2.48. The molecule has 1 saturated heterocycles. The normalized spacial score (nSPS) is 27.6. The molecule has 0 bridgehead atoms. The van der Waals surface area contributed by atoms with E-state index in [0.29, 0.717) is 18.5 Å². The first-order valence-corrected chi connectivity index (χ1v) is 12.5. The van der Waals surface area contributed by atoms with E-state index in [9.17, 15) is 9.59 Å². The lowest BCUT2D eigenvalue weighted by Gasteiger charge is -2.36. The summed E-state index contributed by atoms with van der Waals surface area (Å²) in [6.07, 6.45) is 16.7. The average molecular weight is 430 g/mol. The van der Waals surface area contributed by atoms with Gasteiger partial charge in [0.15, 0.2) is 0 Å². The van der Waals surface area contributed by atoms with Gasteiger partial charge < -0.3 is 20.5 Å². The Morgan fingerprint density at radius 1 is 1.16 bits per heavy atom. The number of imidazole rings is 1. The molecule has 4 rings (SSSR count). The summed E-state index contributed by atoms with van der Waals surface area (Å²) in [5.41, 5.74) is 1.08. The maximum absolute atomic E-state index is 13.5. The Bertz CT molecular complexity index is 716. The molecule has 0 radical (unpaired) electrons. The van der Waals surface area contributed by atoms with Gasteiger partial charge >= 0.3 is 0 Å². The van der Waals surface area contributed by atoms with Crippen molar-refractivity contribution in [3.63, 3.8) is 0 Å². The molecule has 2 amide bonds. The molecular weight excluding hydrogens is 390 g/mol. The number of amides is 2. The molecule has 31 heavy (non-hydrogen) atoms. The molecule has 0 aromatic carbocycles. The fraction of sp³-hybridized carbons (Fsp3) is 0.792. The molecule has 4 atom stereocenters. The summed E-state index contributed by atoms with van der Waals surface area (Å²) in [5, 5.41) is 6.70. The van der Waals surface area contributed by atoms with Crippen LogP contribution in [-0.2, 0) is 16.0 Å². The number of aromatic nitrogens is 2. The second-order valence-electron chi connectivity index (χ2n) is 9.80. The van der Waals surface area contributed by atoms with Gasteiger partial charge in [0.05, 0.1) is 12.4 Å². The summed E-state index contributed by atoms with van der Waals surface area (Å²) in [4.78, 5) is 35.8. The summed E-state index contributed by atoms with van der Waals surface area (Å²) in [5.74, 6) is 0.620. The molecule has 0 unspecified atom stereocenters. The number of nitrogens with zero attached hydrogens (tertiary/aromatic N) is 2. The van der Waals surface area contributed by atoms with Gasteiger partial charge in [-0.1, -0.05) is 32.1 Å². The highest BCUT2D eigenvalue weighted by molar-refractivity contribution is 5.90. The Balaban J connectivity index is 1.36. The average Bonchev–Trinajstić information content (AvgIpc) is 3.44. The third-order valence-electron chi connectivity index (χ3n) is 7.58. The lowest BCUT2D eigenvalue weighted by atomic mass is 9.84. The van der Waals surface area contributed by atoms with Gasteiger partial charge in [-0.3, -0.25) is 9.59 Å². The van der Waals surface area contributed by atoms with Crippen LogP contribution < -0.4 is 10.6 Å². The first kappa shape index (κ1) is 22.3. The van der Waals surface area contributed by atoms with Crippen molar-refractivity contribution in [3.05, 3.63) is 18.2 Å². The van der Waals surface area contributed by atoms with E-state index in [4.69, 9.17) is 0 Å². The topological polar surface area (TPSA) is 90.1 Å². The van der Waals surface area contributed by atoms with Crippen LogP contribution >= 0.6 is 0 Å². The predicted molar refractivity (Wildman–Crippen MR) is 120 cm³/mol. The van der Waals surface area contributed by atoms with Crippen LogP contribution in [0.5, 0.6) is 0 Å². The molecule has 172 valence electrons. The standard InChI is InChI=1S/C24H39N5O2/c1-17(28-19-9-3-2-4-10-19)24(31)29-21-12-6-5-8-18(21)14-22(29)23(30)26-13-7-11-20-15-25-16-27-20/h15-19,21-22,28H,2-14H2,1H3,(H,25,27)(H,26,30)/t17-,18-,21-,22-/m0/s1. The number of aromatic amines is 1. The van der Waals surface area contributed by atoms with Crippen molar-refractivity contribution in [1.29, 1.82) is 0 Å². The number of hydrogen-bond donors (Lipinski definition) is 3. The number of H-pyrrole nitrogens is 1. The zero-order chi connectivity index (χ0) is 21.6. The highest BCUT2D eigenvalue weighted by Crippen LogP contribution is 2.40. The van der Waals surface area contributed by atoms with E-state index in [1.165, 1.54) is 25.7 Å². The third kappa shape index (κ3) is 5.48. The lowest BCUT2D eigenvalue weighted by molar-refractivity contribution is -0.142. The van der Waals surface area contributed by atoms with Crippen LogP contribution in [0.2, 0.25) is 0 Å².